The van der Waals surface area contributed by atoms with E-state index in [2.05, 4.69) is 10.2 Å². The van der Waals surface area contributed by atoms with Gasteiger partial charge in [-0.2, -0.15) is 0 Å². The van der Waals surface area contributed by atoms with Crippen molar-refractivity contribution < 1.29 is 13.9 Å². The van der Waals surface area contributed by atoms with E-state index >= 15 is 0 Å². The molecule has 1 fully saturated rings. The molecule has 0 saturated heterocycles. The molecular formula is C8H10N2O3. The van der Waals surface area contributed by atoms with Crippen LogP contribution in [0, 0.1) is 5.92 Å². The molecule has 13 heavy (non-hydrogen) atoms. The third kappa shape index (κ3) is 1.54. The molecule has 1 aromatic heterocycles. The zero-order valence-corrected chi connectivity index (χ0v) is 7.27. The summed E-state index contributed by atoms with van der Waals surface area (Å²) in [6, 6.07) is 0. The first-order valence-electron chi connectivity index (χ1n) is 4.25. The van der Waals surface area contributed by atoms with E-state index in [9.17, 15) is 4.79 Å². The molecule has 1 saturated carbocycles. The van der Waals surface area contributed by atoms with Crippen LogP contribution in [0.2, 0.25) is 0 Å². The molecule has 1 aromatic rings. The van der Waals surface area contributed by atoms with Crippen LogP contribution in [0.15, 0.2) is 10.8 Å². The number of carbonyl (C=O) groups is 1. The number of ether oxygens (including phenoxy) is 1. The summed E-state index contributed by atoms with van der Waals surface area (Å²) in [6.07, 6.45) is 2.04. The van der Waals surface area contributed by atoms with E-state index in [1.54, 1.807) is 6.92 Å². The average molecular weight is 182 g/mol. The fourth-order valence-electron chi connectivity index (χ4n) is 1.32. The summed E-state index contributed by atoms with van der Waals surface area (Å²) in [6.45, 7) is 2.22. The van der Waals surface area contributed by atoms with Crippen molar-refractivity contribution >= 4 is 5.97 Å². The summed E-state index contributed by atoms with van der Waals surface area (Å²) in [5.41, 5.74) is 0. The molecule has 5 nitrogen and oxygen atoms in total. The van der Waals surface area contributed by atoms with Crippen LogP contribution in [-0.2, 0) is 9.53 Å². The average Bonchev–Trinajstić information content (AvgIpc) is 2.74. The zero-order valence-electron chi connectivity index (χ0n) is 7.27. The van der Waals surface area contributed by atoms with Crippen LogP contribution in [0.5, 0.6) is 0 Å². The van der Waals surface area contributed by atoms with Crippen LogP contribution in [0.1, 0.15) is 25.2 Å². The summed E-state index contributed by atoms with van der Waals surface area (Å²) in [4.78, 5) is 11.2. The summed E-state index contributed by atoms with van der Waals surface area (Å²) < 4.78 is 9.85. The number of nitrogens with zero attached hydrogens (tertiary/aromatic N) is 2. The number of esters is 1. The fourth-order valence-corrected chi connectivity index (χ4v) is 1.32. The second-order valence-electron chi connectivity index (χ2n) is 2.98. The minimum atomic E-state index is -0.161. The highest BCUT2D eigenvalue weighted by Gasteiger charge is 2.48. The van der Waals surface area contributed by atoms with Gasteiger partial charge in [-0.25, -0.2) is 0 Å². The maximum atomic E-state index is 11.2. The van der Waals surface area contributed by atoms with Gasteiger partial charge < -0.3 is 9.15 Å². The van der Waals surface area contributed by atoms with Gasteiger partial charge >= 0.3 is 5.97 Å². The van der Waals surface area contributed by atoms with Crippen molar-refractivity contribution in [1.29, 1.82) is 0 Å². The second-order valence-corrected chi connectivity index (χ2v) is 2.98. The molecule has 1 aliphatic carbocycles. The molecule has 1 aliphatic rings. The van der Waals surface area contributed by atoms with Gasteiger partial charge in [0.2, 0.25) is 12.3 Å². The topological polar surface area (TPSA) is 65.2 Å². The molecular weight excluding hydrogens is 172 g/mol. The lowest BCUT2D eigenvalue weighted by atomic mass is 10.3. The van der Waals surface area contributed by atoms with Gasteiger partial charge in [0.15, 0.2) is 0 Å². The van der Waals surface area contributed by atoms with E-state index in [1.807, 2.05) is 0 Å². The highest BCUT2D eigenvalue weighted by atomic mass is 16.5. The first-order chi connectivity index (χ1) is 6.33. The van der Waals surface area contributed by atoms with Crippen molar-refractivity contribution in [3.63, 3.8) is 0 Å². The SMILES string of the molecule is CCOC(=O)[C@@H]1C[C@H]1c1nnco1. The van der Waals surface area contributed by atoms with Gasteiger partial charge in [0, 0.05) is 0 Å². The monoisotopic (exact) mass is 182 g/mol. The Kier molecular flexibility index (Phi) is 2.00. The van der Waals surface area contributed by atoms with E-state index in [1.165, 1.54) is 6.39 Å². The Hall–Kier alpha value is -1.39. The van der Waals surface area contributed by atoms with E-state index in [-0.39, 0.29) is 17.8 Å². The molecule has 0 spiro atoms. The summed E-state index contributed by atoms with van der Waals surface area (Å²) in [5, 5.41) is 7.30. The van der Waals surface area contributed by atoms with E-state index < -0.39 is 0 Å². The molecule has 0 unspecified atom stereocenters. The minimum absolute atomic E-state index is 0.0691. The Morgan fingerprint density at radius 3 is 3.31 bits per heavy atom. The molecule has 0 aliphatic heterocycles. The van der Waals surface area contributed by atoms with Crippen molar-refractivity contribution in [3.8, 4) is 0 Å². The largest absolute Gasteiger partial charge is 0.466 e. The van der Waals surface area contributed by atoms with Crippen molar-refractivity contribution in [2.24, 2.45) is 5.92 Å². The first-order valence-corrected chi connectivity index (χ1v) is 4.25. The quantitative estimate of drug-likeness (QED) is 0.645. The van der Waals surface area contributed by atoms with Gasteiger partial charge in [0.05, 0.1) is 18.4 Å². The molecule has 0 amide bonds. The van der Waals surface area contributed by atoms with Gasteiger partial charge in [-0.1, -0.05) is 0 Å². The van der Waals surface area contributed by atoms with E-state index in [0.717, 1.165) is 6.42 Å². The number of hydrogen-bond donors (Lipinski definition) is 0. The summed E-state index contributed by atoms with van der Waals surface area (Å²) >= 11 is 0. The number of carbonyl (C=O) groups excluding carboxylic acids is 1. The van der Waals surface area contributed by atoms with Crippen molar-refractivity contribution in [2.75, 3.05) is 6.61 Å². The molecule has 0 N–H and O–H groups in total. The summed E-state index contributed by atoms with van der Waals surface area (Å²) in [5.74, 6) is 0.394. The molecule has 1 heterocycles. The third-order valence-electron chi connectivity index (χ3n) is 2.07. The minimum Gasteiger partial charge on any atom is -0.466 e. The molecule has 2 atom stereocenters. The number of rotatable bonds is 3. The van der Waals surface area contributed by atoms with Crippen LogP contribution >= 0.6 is 0 Å². The van der Waals surface area contributed by atoms with Crippen LogP contribution in [0.25, 0.3) is 0 Å². The van der Waals surface area contributed by atoms with Crippen molar-refractivity contribution in [1.82, 2.24) is 10.2 Å². The standard InChI is InChI=1S/C8H10N2O3/c1-2-12-8(11)6-3-5(6)7-10-9-4-13-7/h4-6H,2-3H2,1H3/t5-,6-/m1/s1. The smallest absolute Gasteiger partial charge is 0.309 e. The lowest BCUT2D eigenvalue weighted by molar-refractivity contribution is -0.144. The number of hydrogen-bond acceptors (Lipinski definition) is 5. The Morgan fingerprint density at radius 2 is 2.69 bits per heavy atom. The zero-order chi connectivity index (χ0) is 9.26. The Labute approximate surface area is 75.1 Å². The molecule has 70 valence electrons. The lowest BCUT2D eigenvalue weighted by Gasteiger charge is -1.97. The maximum absolute atomic E-state index is 11.2. The van der Waals surface area contributed by atoms with Gasteiger partial charge in [-0.3, -0.25) is 4.79 Å². The molecule has 0 bridgehead atoms. The highest BCUT2D eigenvalue weighted by Crippen LogP contribution is 2.47. The second kappa shape index (κ2) is 3.16. The van der Waals surface area contributed by atoms with Crippen LogP contribution < -0.4 is 0 Å². The van der Waals surface area contributed by atoms with Crippen molar-refractivity contribution in [2.45, 2.75) is 19.3 Å². The Morgan fingerprint density at radius 1 is 1.85 bits per heavy atom. The van der Waals surface area contributed by atoms with Crippen LogP contribution in [0.4, 0.5) is 0 Å². The van der Waals surface area contributed by atoms with Gasteiger partial charge in [0.25, 0.3) is 0 Å². The fraction of sp³-hybridized carbons (Fsp3) is 0.625. The third-order valence-corrected chi connectivity index (χ3v) is 2.07. The molecule has 2 rings (SSSR count). The first kappa shape index (κ1) is 8.22. The van der Waals surface area contributed by atoms with E-state index in [0.29, 0.717) is 12.5 Å². The molecule has 5 heteroatoms. The number of aromatic nitrogens is 2. The predicted octanol–water partition coefficient (Wildman–Crippen LogP) is 0.736. The van der Waals surface area contributed by atoms with Gasteiger partial charge in [-0.15, -0.1) is 10.2 Å². The lowest BCUT2D eigenvalue weighted by Crippen LogP contribution is -2.07. The normalized spacial score (nSPS) is 25.6. The van der Waals surface area contributed by atoms with Crippen LogP contribution in [-0.4, -0.2) is 22.8 Å². The maximum Gasteiger partial charge on any atom is 0.309 e. The molecule has 0 radical (unpaired) electrons. The molecule has 0 aromatic carbocycles. The van der Waals surface area contributed by atoms with Crippen molar-refractivity contribution in [3.05, 3.63) is 12.3 Å². The van der Waals surface area contributed by atoms with Crippen LogP contribution in [0.3, 0.4) is 0 Å². The van der Waals surface area contributed by atoms with E-state index in [4.69, 9.17) is 9.15 Å². The Bertz CT molecular complexity index is 296. The predicted molar refractivity (Wildman–Crippen MR) is 41.8 cm³/mol. The summed E-state index contributed by atoms with van der Waals surface area (Å²) in [7, 11) is 0. The van der Waals surface area contributed by atoms with Gasteiger partial charge in [0.1, 0.15) is 0 Å². The Balaban J connectivity index is 1.92. The highest BCUT2D eigenvalue weighted by molar-refractivity contribution is 5.76. The van der Waals surface area contributed by atoms with Gasteiger partial charge in [-0.05, 0) is 13.3 Å².